The highest BCUT2D eigenvalue weighted by atomic mass is 16.3. The fourth-order valence-electron chi connectivity index (χ4n) is 1.53. The summed E-state index contributed by atoms with van der Waals surface area (Å²) >= 11 is 0. The number of hydrogen-bond donors (Lipinski definition) is 2. The molecule has 2 N–H and O–H groups in total. The summed E-state index contributed by atoms with van der Waals surface area (Å²) in [5.74, 6) is 0. The van der Waals surface area contributed by atoms with Crippen LogP contribution in [-0.2, 0) is 0 Å². The molecule has 0 aromatic heterocycles. The van der Waals surface area contributed by atoms with Gasteiger partial charge in [-0.05, 0) is 38.1 Å². The van der Waals surface area contributed by atoms with Crippen molar-refractivity contribution >= 4 is 0 Å². The summed E-state index contributed by atoms with van der Waals surface area (Å²) in [7, 11) is 0. The predicted molar refractivity (Wildman–Crippen MR) is 62.5 cm³/mol. The quantitative estimate of drug-likeness (QED) is 0.592. The molecular weight excluding hydrogens is 174 g/mol. The van der Waals surface area contributed by atoms with Crippen molar-refractivity contribution in [1.82, 2.24) is 5.32 Å². The average molecular weight is 201 g/mol. The van der Waals surface area contributed by atoms with Crippen LogP contribution in [0.4, 0.5) is 0 Å². The van der Waals surface area contributed by atoms with Gasteiger partial charge in [-0.1, -0.05) is 27.2 Å². The first-order valence-corrected chi connectivity index (χ1v) is 5.86. The fraction of sp³-hybridized carbons (Fsp3) is 1.00. The van der Waals surface area contributed by atoms with E-state index in [9.17, 15) is 0 Å². The van der Waals surface area contributed by atoms with Gasteiger partial charge in [-0.25, -0.2) is 0 Å². The molecule has 1 unspecified atom stereocenters. The smallest absolute Gasteiger partial charge is 0.0482 e. The number of hydrogen-bond acceptors (Lipinski definition) is 2. The van der Waals surface area contributed by atoms with Gasteiger partial charge < -0.3 is 10.4 Å². The number of rotatable bonds is 8. The van der Waals surface area contributed by atoms with Crippen molar-refractivity contribution < 1.29 is 5.11 Å². The normalized spacial score (nSPS) is 14.4. The van der Waals surface area contributed by atoms with Gasteiger partial charge in [0.2, 0.25) is 0 Å². The standard InChI is InChI=1S/C12H27NO/c1-5-7-11(2)13-9-6-8-12(3,4)10-14/h11,13-14H,5-10H2,1-4H3. The number of nitrogens with one attached hydrogen (secondary N) is 1. The Morgan fingerprint density at radius 3 is 2.50 bits per heavy atom. The summed E-state index contributed by atoms with van der Waals surface area (Å²) in [5, 5.41) is 12.6. The molecule has 0 aliphatic rings. The van der Waals surface area contributed by atoms with E-state index >= 15 is 0 Å². The van der Waals surface area contributed by atoms with E-state index < -0.39 is 0 Å². The van der Waals surface area contributed by atoms with Gasteiger partial charge in [0.1, 0.15) is 0 Å². The highest BCUT2D eigenvalue weighted by Crippen LogP contribution is 2.20. The van der Waals surface area contributed by atoms with Crippen LogP contribution >= 0.6 is 0 Å². The SMILES string of the molecule is CCCC(C)NCCCC(C)(C)CO. The van der Waals surface area contributed by atoms with Gasteiger partial charge in [-0.15, -0.1) is 0 Å². The molecule has 0 heterocycles. The van der Waals surface area contributed by atoms with E-state index in [1.54, 1.807) is 0 Å². The Kier molecular flexibility index (Phi) is 7.20. The zero-order valence-electron chi connectivity index (χ0n) is 10.3. The van der Waals surface area contributed by atoms with Crippen LogP contribution in [0.5, 0.6) is 0 Å². The van der Waals surface area contributed by atoms with Gasteiger partial charge in [0, 0.05) is 12.6 Å². The van der Waals surface area contributed by atoms with Gasteiger partial charge >= 0.3 is 0 Å². The van der Waals surface area contributed by atoms with Crippen molar-refractivity contribution in [3.63, 3.8) is 0 Å². The van der Waals surface area contributed by atoms with Crippen molar-refractivity contribution in [2.75, 3.05) is 13.2 Å². The Bertz CT molecular complexity index is 134. The van der Waals surface area contributed by atoms with E-state index in [0.717, 1.165) is 19.4 Å². The Morgan fingerprint density at radius 1 is 1.36 bits per heavy atom. The molecule has 0 rings (SSSR count). The summed E-state index contributed by atoms with van der Waals surface area (Å²) in [5.41, 5.74) is 0.0929. The monoisotopic (exact) mass is 201 g/mol. The minimum Gasteiger partial charge on any atom is -0.396 e. The van der Waals surface area contributed by atoms with Gasteiger partial charge in [0.25, 0.3) is 0 Å². The van der Waals surface area contributed by atoms with Crippen molar-refractivity contribution in [2.24, 2.45) is 5.41 Å². The second-order valence-corrected chi connectivity index (χ2v) is 5.07. The maximum absolute atomic E-state index is 9.07. The highest BCUT2D eigenvalue weighted by molar-refractivity contribution is 4.68. The summed E-state index contributed by atoms with van der Waals surface area (Å²) < 4.78 is 0. The topological polar surface area (TPSA) is 32.3 Å². The van der Waals surface area contributed by atoms with Gasteiger partial charge in [0.15, 0.2) is 0 Å². The maximum Gasteiger partial charge on any atom is 0.0482 e. The van der Waals surface area contributed by atoms with Crippen molar-refractivity contribution in [2.45, 2.75) is 59.4 Å². The van der Waals surface area contributed by atoms with E-state index in [1.807, 2.05) is 0 Å². The summed E-state index contributed by atoms with van der Waals surface area (Å²) in [6.07, 6.45) is 4.75. The molecule has 14 heavy (non-hydrogen) atoms. The van der Waals surface area contributed by atoms with Crippen LogP contribution < -0.4 is 5.32 Å². The molecule has 0 radical (unpaired) electrons. The van der Waals surface area contributed by atoms with E-state index in [1.165, 1.54) is 12.8 Å². The molecule has 0 amide bonds. The molecule has 0 saturated heterocycles. The second kappa shape index (κ2) is 7.24. The van der Waals surface area contributed by atoms with Crippen molar-refractivity contribution in [3.8, 4) is 0 Å². The maximum atomic E-state index is 9.07. The van der Waals surface area contributed by atoms with E-state index in [4.69, 9.17) is 5.11 Å². The Balaban J connectivity index is 3.37. The van der Waals surface area contributed by atoms with Crippen LogP contribution in [0.25, 0.3) is 0 Å². The van der Waals surface area contributed by atoms with Crippen LogP contribution in [0.15, 0.2) is 0 Å². The molecule has 0 aromatic carbocycles. The van der Waals surface area contributed by atoms with Crippen LogP contribution in [-0.4, -0.2) is 24.3 Å². The lowest BCUT2D eigenvalue weighted by atomic mass is 9.89. The van der Waals surface area contributed by atoms with Crippen molar-refractivity contribution in [3.05, 3.63) is 0 Å². The third-order valence-corrected chi connectivity index (χ3v) is 2.67. The van der Waals surface area contributed by atoms with E-state index in [2.05, 4.69) is 33.0 Å². The van der Waals surface area contributed by atoms with Crippen molar-refractivity contribution in [1.29, 1.82) is 0 Å². The molecule has 0 bridgehead atoms. The molecule has 1 atom stereocenters. The molecule has 0 aliphatic heterocycles. The molecule has 86 valence electrons. The molecule has 0 spiro atoms. The first-order chi connectivity index (χ1) is 6.52. The van der Waals surface area contributed by atoms with Gasteiger partial charge in [0.05, 0.1) is 0 Å². The van der Waals surface area contributed by atoms with Gasteiger partial charge in [-0.2, -0.15) is 0 Å². The van der Waals surface area contributed by atoms with Crippen LogP contribution in [0.1, 0.15) is 53.4 Å². The third-order valence-electron chi connectivity index (χ3n) is 2.67. The molecule has 0 aromatic rings. The summed E-state index contributed by atoms with van der Waals surface area (Å²) in [6.45, 7) is 10.0. The largest absolute Gasteiger partial charge is 0.396 e. The minimum absolute atomic E-state index is 0.0929. The number of aliphatic hydroxyl groups is 1. The highest BCUT2D eigenvalue weighted by Gasteiger charge is 2.15. The van der Waals surface area contributed by atoms with E-state index in [-0.39, 0.29) is 12.0 Å². The predicted octanol–water partition coefficient (Wildman–Crippen LogP) is 2.56. The molecule has 0 aliphatic carbocycles. The average Bonchev–Trinajstić information content (AvgIpc) is 2.13. The van der Waals surface area contributed by atoms with E-state index in [0.29, 0.717) is 6.04 Å². The Hall–Kier alpha value is -0.0800. The zero-order chi connectivity index (χ0) is 11.0. The zero-order valence-corrected chi connectivity index (χ0v) is 10.3. The minimum atomic E-state index is 0.0929. The molecule has 2 nitrogen and oxygen atoms in total. The lowest BCUT2D eigenvalue weighted by molar-refractivity contribution is 0.147. The van der Waals surface area contributed by atoms with Crippen LogP contribution in [0, 0.1) is 5.41 Å². The number of aliphatic hydroxyl groups excluding tert-OH is 1. The third kappa shape index (κ3) is 7.34. The fourth-order valence-corrected chi connectivity index (χ4v) is 1.53. The van der Waals surface area contributed by atoms with Gasteiger partial charge in [-0.3, -0.25) is 0 Å². The lowest BCUT2D eigenvalue weighted by Crippen LogP contribution is -2.28. The molecule has 0 fully saturated rings. The molecule has 2 heteroatoms. The molecular formula is C12H27NO. The first-order valence-electron chi connectivity index (χ1n) is 5.86. The van der Waals surface area contributed by atoms with Crippen LogP contribution in [0.3, 0.4) is 0 Å². The Labute approximate surface area is 89.1 Å². The van der Waals surface area contributed by atoms with Crippen LogP contribution in [0.2, 0.25) is 0 Å². The molecule has 0 saturated carbocycles. The first kappa shape index (κ1) is 13.9. The Morgan fingerprint density at radius 2 is 2.00 bits per heavy atom. The lowest BCUT2D eigenvalue weighted by Gasteiger charge is -2.22. The summed E-state index contributed by atoms with van der Waals surface area (Å²) in [6, 6.07) is 0.636. The second-order valence-electron chi connectivity index (χ2n) is 5.07. The summed E-state index contributed by atoms with van der Waals surface area (Å²) in [4.78, 5) is 0.